The smallest absolute Gasteiger partial charge is 0.0823 e. The summed E-state index contributed by atoms with van der Waals surface area (Å²) in [7, 11) is -1.15. The predicted octanol–water partition coefficient (Wildman–Crippen LogP) is 4.33. The minimum Gasteiger partial charge on any atom is -0.114 e. The van der Waals surface area contributed by atoms with Gasteiger partial charge in [0.2, 0.25) is 0 Å². The minimum atomic E-state index is -1.15. The molecular formula is C10H19ClSi. The summed E-state index contributed by atoms with van der Waals surface area (Å²) in [6.07, 6.45) is 3.69. The lowest BCUT2D eigenvalue weighted by atomic mass is 10.2. The molecule has 0 nitrogen and oxygen atoms in total. The molecule has 0 aromatic rings. The highest BCUT2D eigenvalue weighted by Crippen LogP contribution is 2.19. The first-order valence-corrected chi connectivity index (χ1v) is 8.50. The van der Waals surface area contributed by atoms with E-state index in [1.807, 2.05) is 0 Å². The Labute approximate surface area is 82.3 Å². The Bertz CT molecular complexity index is 183. The first-order chi connectivity index (χ1) is 5.52. The largest absolute Gasteiger partial charge is 0.114 e. The molecule has 0 saturated heterocycles. The van der Waals surface area contributed by atoms with Crippen LogP contribution in [0.25, 0.3) is 0 Å². The second kappa shape index (κ2) is 5.63. The van der Waals surface area contributed by atoms with Crippen molar-refractivity contribution in [1.29, 1.82) is 0 Å². The van der Waals surface area contributed by atoms with Crippen LogP contribution in [0.15, 0.2) is 16.5 Å². The average molecular weight is 203 g/mol. The summed E-state index contributed by atoms with van der Waals surface area (Å²) >= 11 is 5.55. The fraction of sp³-hybridized carbons (Fsp3) is 0.700. The van der Waals surface area contributed by atoms with Gasteiger partial charge < -0.3 is 0 Å². The van der Waals surface area contributed by atoms with Gasteiger partial charge in [-0.2, -0.15) is 0 Å². The zero-order valence-corrected chi connectivity index (χ0v) is 10.3. The lowest BCUT2D eigenvalue weighted by Gasteiger charge is -2.18. The van der Waals surface area contributed by atoms with E-state index in [9.17, 15) is 0 Å². The molecule has 0 unspecified atom stereocenters. The normalized spacial score (nSPS) is 10.8. The molecule has 0 atom stereocenters. The molecule has 2 heteroatoms. The average Bonchev–Trinajstić information content (AvgIpc) is 1.95. The molecule has 0 bridgehead atoms. The highest BCUT2D eigenvalue weighted by Gasteiger charge is 2.18. The quantitative estimate of drug-likeness (QED) is 0.470. The molecule has 12 heavy (non-hydrogen) atoms. The monoisotopic (exact) mass is 202 g/mol. The number of hydrogen-bond acceptors (Lipinski definition) is 0. The van der Waals surface area contributed by atoms with Crippen LogP contribution in [0.5, 0.6) is 0 Å². The third kappa shape index (κ3) is 4.81. The van der Waals surface area contributed by atoms with E-state index in [1.54, 1.807) is 0 Å². The molecule has 0 spiro atoms. The van der Waals surface area contributed by atoms with Crippen LogP contribution in [0.2, 0.25) is 19.6 Å². The van der Waals surface area contributed by atoms with Gasteiger partial charge in [0, 0.05) is 5.54 Å². The summed E-state index contributed by atoms with van der Waals surface area (Å²) < 4.78 is 0. The van der Waals surface area contributed by atoms with Crippen LogP contribution in [0.4, 0.5) is 0 Å². The van der Waals surface area contributed by atoms with E-state index < -0.39 is 8.07 Å². The van der Waals surface area contributed by atoms with Crippen molar-refractivity contribution in [3.05, 3.63) is 16.5 Å². The van der Waals surface area contributed by atoms with Crippen LogP contribution in [-0.4, -0.2) is 8.07 Å². The Hall–Kier alpha value is 0.0269. The third-order valence-electron chi connectivity index (χ3n) is 1.91. The van der Waals surface area contributed by atoms with Crippen LogP contribution < -0.4 is 0 Å². The summed E-state index contributed by atoms with van der Waals surface area (Å²) in [6.45, 7) is 9.23. The Morgan fingerprint density at radius 1 is 1.42 bits per heavy atom. The second-order valence-electron chi connectivity index (χ2n) is 4.09. The van der Waals surface area contributed by atoms with Gasteiger partial charge in [-0.3, -0.25) is 0 Å². The van der Waals surface area contributed by atoms with Gasteiger partial charge in [0.1, 0.15) is 0 Å². The maximum absolute atomic E-state index is 5.55. The Kier molecular flexibility index (Phi) is 5.65. The highest BCUT2D eigenvalue weighted by atomic mass is 35.5. The molecule has 0 aromatic heterocycles. The van der Waals surface area contributed by atoms with Crippen LogP contribution >= 0.6 is 11.6 Å². The van der Waals surface area contributed by atoms with E-state index in [1.165, 1.54) is 30.0 Å². The number of allylic oxidation sites excluding steroid dienone is 1. The number of hydrogen-bond donors (Lipinski definition) is 0. The molecule has 0 N–H and O–H groups in total. The Morgan fingerprint density at radius 2 is 2.00 bits per heavy atom. The maximum atomic E-state index is 5.55. The van der Waals surface area contributed by atoms with Crippen molar-refractivity contribution in [1.82, 2.24) is 0 Å². The molecule has 0 aliphatic carbocycles. The van der Waals surface area contributed by atoms with Crippen molar-refractivity contribution in [2.24, 2.45) is 0 Å². The Morgan fingerprint density at radius 3 is 2.33 bits per heavy atom. The van der Waals surface area contributed by atoms with E-state index in [0.29, 0.717) is 0 Å². The number of unbranched alkanes of at least 4 members (excludes halogenated alkanes) is 1. The molecule has 0 saturated carbocycles. The van der Waals surface area contributed by atoms with Gasteiger partial charge in [0.25, 0.3) is 0 Å². The zero-order chi connectivity index (χ0) is 9.61. The van der Waals surface area contributed by atoms with Crippen LogP contribution in [0.1, 0.15) is 26.2 Å². The number of halogens is 1. The standard InChI is InChI=1S/C10H19ClSi/c1-5-6-7-10(8-9-11)12(2,3)4/h9H,5-7H2,1-4H3. The van der Waals surface area contributed by atoms with E-state index in [-0.39, 0.29) is 0 Å². The molecule has 0 aromatic carbocycles. The minimum absolute atomic E-state index is 1.15. The lowest BCUT2D eigenvalue weighted by Crippen LogP contribution is -2.23. The van der Waals surface area contributed by atoms with Crippen molar-refractivity contribution in [3.8, 4) is 0 Å². The van der Waals surface area contributed by atoms with E-state index in [2.05, 4.69) is 32.3 Å². The fourth-order valence-corrected chi connectivity index (χ4v) is 2.74. The predicted molar refractivity (Wildman–Crippen MR) is 60.3 cm³/mol. The summed E-state index contributed by atoms with van der Waals surface area (Å²) in [5.41, 5.74) is 4.71. The van der Waals surface area contributed by atoms with Gasteiger partial charge in [0.05, 0.1) is 8.07 Å². The molecule has 70 valence electrons. The highest BCUT2D eigenvalue weighted by molar-refractivity contribution is 6.83. The lowest BCUT2D eigenvalue weighted by molar-refractivity contribution is 0.804. The van der Waals surface area contributed by atoms with E-state index in [4.69, 9.17) is 11.6 Å². The molecule has 0 aliphatic heterocycles. The Balaban J connectivity index is 4.37. The summed E-state index contributed by atoms with van der Waals surface area (Å²) in [6, 6.07) is 0. The molecule has 0 rings (SSSR count). The fourth-order valence-electron chi connectivity index (χ4n) is 1.08. The van der Waals surface area contributed by atoms with Gasteiger partial charge in [-0.15, -0.1) is 5.73 Å². The van der Waals surface area contributed by atoms with Gasteiger partial charge >= 0.3 is 0 Å². The van der Waals surface area contributed by atoms with Crippen LogP contribution in [-0.2, 0) is 0 Å². The van der Waals surface area contributed by atoms with Crippen molar-refractivity contribution >= 4 is 19.7 Å². The van der Waals surface area contributed by atoms with Gasteiger partial charge in [0.15, 0.2) is 0 Å². The summed E-state index contributed by atoms with van der Waals surface area (Å²) in [5.74, 6) is 0. The first-order valence-electron chi connectivity index (χ1n) is 4.57. The topological polar surface area (TPSA) is 0 Å². The van der Waals surface area contributed by atoms with Crippen molar-refractivity contribution in [3.63, 3.8) is 0 Å². The van der Waals surface area contributed by atoms with E-state index in [0.717, 1.165) is 0 Å². The second-order valence-corrected chi connectivity index (χ2v) is 9.41. The van der Waals surface area contributed by atoms with Crippen LogP contribution in [0, 0.1) is 0 Å². The van der Waals surface area contributed by atoms with E-state index >= 15 is 0 Å². The summed E-state index contributed by atoms with van der Waals surface area (Å²) in [4.78, 5) is 0. The molecule has 0 aliphatic rings. The maximum Gasteiger partial charge on any atom is 0.0823 e. The SMILES string of the molecule is CCCCC(=C=CCl)[Si](C)(C)C. The van der Waals surface area contributed by atoms with Gasteiger partial charge in [-0.1, -0.05) is 44.6 Å². The van der Waals surface area contributed by atoms with Crippen molar-refractivity contribution in [2.45, 2.75) is 45.8 Å². The van der Waals surface area contributed by atoms with Crippen molar-refractivity contribution in [2.75, 3.05) is 0 Å². The molecule has 0 fully saturated rings. The molecule has 0 radical (unpaired) electrons. The van der Waals surface area contributed by atoms with Crippen LogP contribution in [0.3, 0.4) is 0 Å². The molecular weight excluding hydrogens is 184 g/mol. The third-order valence-corrected chi connectivity index (χ3v) is 4.23. The van der Waals surface area contributed by atoms with Gasteiger partial charge in [-0.25, -0.2) is 0 Å². The van der Waals surface area contributed by atoms with Crippen molar-refractivity contribution < 1.29 is 0 Å². The van der Waals surface area contributed by atoms with Gasteiger partial charge in [-0.05, 0) is 18.0 Å². The molecule has 0 heterocycles. The number of rotatable bonds is 4. The molecule has 0 amide bonds. The zero-order valence-electron chi connectivity index (χ0n) is 8.58. The first kappa shape index (κ1) is 12.0. The summed E-state index contributed by atoms with van der Waals surface area (Å²) in [5, 5.41) is 1.46.